The molecule has 0 aliphatic rings. The van der Waals surface area contributed by atoms with Gasteiger partial charge in [0.25, 0.3) is 0 Å². The number of aromatic carboxylic acids is 1. The van der Waals surface area contributed by atoms with Crippen LogP contribution in [0.5, 0.6) is 0 Å². The van der Waals surface area contributed by atoms with Gasteiger partial charge in [-0.3, -0.25) is 0 Å². The molecule has 0 atom stereocenters. The summed E-state index contributed by atoms with van der Waals surface area (Å²) in [4.78, 5) is 22.9. The number of ether oxygens (including phenoxy) is 1. The van der Waals surface area contributed by atoms with Crippen LogP contribution in [0.1, 0.15) is 106 Å². The number of hydrogen-bond acceptors (Lipinski definition) is 3. The third kappa shape index (κ3) is 11.7. The quantitative estimate of drug-likeness (QED) is 0.340. The van der Waals surface area contributed by atoms with E-state index < -0.39 is 11.9 Å². The van der Waals surface area contributed by atoms with Crippen molar-refractivity contribution in [1.82, 2.24) is 0 Å². The second kappa shape index (κ2) is 16.6. The maximum Gasteiger partial charge on any atom is 0.339 e. The Bertz CT molecular complexity index is 495. The summed E-state index contributed by atoms with van der Waals surface area (Å²) in [6.45, 7) is 6.92. The first-order valence-electron chi connectivity index (χ1n) is 10.1. The van der Waals surface area contributed by atoms with Gasteiger partial charge in [-0.05, 0) is 18.6 Å². The standard InChI is InChI=1S/C18H26O4.C4H10/c1-2-3-4-5-6-7-8-11-14-22-18(21)16-13-10-9-12-15(16)17(19)20;1-3-4-2/h9-10,12-13H,2-8,11,14H2,1H3,(H,19,20);3-4H2,1-2H3. The average molecular weight is 365 g/mol. The molecule has 1 aromatic carbocycles. The molecule has 1 rings (SSSR count). The molecule has 0 unspecified atom stereocenters. The number of carboxylic acid groups (broad SMARTS) is 1. The molecule has 0 spiro atoms. The third-order valence-electron chi connectivity index (χ3n) is 4.11. The molecule has 0 amide bonds. The van der Waals surface area contributed by atoms with Crippen molar-refractivity contribution in [3.05, 3.63) is 35.4 Å². The van der Waals surface area contributed by atoms with Gasteiger partial charge in [-0.2, -0.15) is 0 Å². The summed E-state index contributed by atoms with van der Waals surface area (Å²) in [5, 5.41) is 9.04. The van der Waals surface area contributed by atoms with Gasteiger partial charge in [-0.15, -0.1) is 0 Å². The molecule has 0 radical (unpaired) electrons. The van der Waals surface area contributed by atoms with E-state index in [1.54, 1.807) is 12.1 Å². The summed E-state index contributed by atoms with van der Waals surface area (Å²) < 4.78 is 5.16. The number of carboxylic acids is 1. The highest BCUT2D eigenvalue weighted by Gasteiger charge is 2.16. The van der Waals surface area contributed by atoms with Crippen molar-refractivity contribution < 1.29 is 19.4 Å². The maximum atomic E-state index is 11.9. The number of rotatable bonds is 12. The van der Waals surface area contributed by atoms with Gasteiger partial charge < -0.3 is 9.84 Å². The zero-order chi connectivity index (χ0) is 19.6. The molecule has 0 aliphatic heterocycles. The van der Waals surface area contributed by atoms with Crippen LogP contribution < -0.4 is 0 Å². The van der Waals surface area contributed by atoms with E-state index in [-0.39, 0.29) is 11.1 Å². The smallest absolute Gasteiger partial charge is 0.339 e. The Hall–Kier alpha value is -1.84. The Morgan fingerprint density at radius 3 is 1.77 bits per heavy atom. The van der Waals surface area contributed by atoms with Crippen molar-refractivity contribution in [1.29, 1.82) is 0 Å². The average Bonchev–Trinajstić information content (AvgIpc) is 2.66. The van der Waals surface area contributed by atoms with Crippen LogP contribution in [0.25, 0.3) is 0 Å². The summed E-state index contributed by atoms with van der Waals surface area (Å²) in [6, 6.07) is 6.13. The molecule has 1 N–H and O–H groups in total. The van der Waals surface area contributed by atoms with Crippen LogP contribution in [-0.4, -0.2) is 23.7 Å². The molecule has 148 valence electrons. The Morgan fingerprint density at radius 2 is 1.27 bits per heavy atom. The van der Waals surface area contributed by atoms with E-state index in [4.69, 9.17) is 9.84 Å². The number of unbranched alkanes of at least 4 members (excludes halogenated alkanes) is 8. The molecule has 0 saturated carbocycles. The van der Waals surface area contributed by atoms with Crippen molar-refractivity contribution >= 4 is 11.9 Å². The molecule has 1 aromatic rings. The van der Waals surface area contributed by atoms with E-state index in [1.807, 2.05) is 0 Å². The van der Waals surface area contributed by atoms with E-state index in [9.17, 15) is 9.59 Å². The zero-order valence-electron chi connectivity index (χ0n) is 16.8. The monoisotopic (exact) mass is 364 g/mol. The molecule has 0 heterocycles. The van der Waals surface area contributed by atoms with Gasteiger partial charge in [0.05, 0.1) is 17.7 Å². The van der Waals surface area contributed by atoms with Crippen LogP contribution in [0.15, 0.2) is 24.3 Å². The molecular weight excluding hydrogens is 328 g/mol. The van der Waals surface area contributed by atoms with E-state index in [0.29, 0.717) is 6.61 Å². The molecule has 0 bridgehead atoms. The van der Waals surface area contributed by atoms with E-state index in [0.717, 1.165) is 19.3 Å². The fourth-order valence-corrected chi connectivity index (χ4v) is 2.33. The minimum absolute atomic E-state index is 0.0107. The maximum absolute atomic E-state index is 11.9. The second-order valence-electron chi connectivity index (χ2n) is 6.46. The number of carbonyl (C=O) groups is 2. The van der Waals surface area contributed by atoms with Gasteiger partial charge in [0, 0.05) is 0 Å². The Balaban J connectivity index is 0.00000141. The number of carbonyl (C=O) groups excluding carboxylic acids is 1. The summed E-state index contributed by atoms with van der Waals surface area (Å²) in [7, 11) is 0. The highest BCUT2D eigenvalue weighted by Crippen LogP contribution is 2.12. The zero-order valence-corrected chi connectivity index (χ0v) is 16.8. The van der Waals surface area contributed by atoms with Crippen molar-refractivity contribution in [2.45, 2.75) is 85.0 Å². The largest absolute Gasteiger partial charge is 0.478 e. The van der Waals surface area contributed by atoms with Crippen LogP contribution in [0.2, 0.25) is 0 Å². The van der Waals surface area contributed by atoms with Gasteiger partial charge in [0.2, 0.25) is 0 Å². The van der Waals surface area contributed by atoms with Crippen molar-refractivity contribution in [3.8, 4) is 0 Å². The molecule has 0 aromatic heterocycles. The summed E-state index contributed by atoms with van der Waals surface area (Å²) in [6.07, 6.45) is 12.0. The predicted octanol–water partition coefficient (Wildman–Crippen LogP) is 6.49. The van der Waals surface area contributed by atoms with Gasteiger partial charge in [0.1, 0.15) is 0 Å². The molecular formula is C22H36O4. The van der Waals surface area contributed by atoms with Crippen molar-refractivity contribution in [3.63, 3.8) is 0 Å². The normalized spacial score (nSPS) is 9.96. The molecule has 0 fully saturated rings. The van der Waals surface area contributed by atoms with Gasteiger partial charge >= 0.3 is 11.9 Å². The predicted molar refractivity (Wildman–Crippen MR) is 107 cm³/mol. The first-order valence-corrected chi connectivity index (χ1v) is 10.1. The fraction of sp³-hybridized carbons (Fsp3) is 0.636. The Morgan fingerprint density at radius 1 is 0.769 bits per heavy atom. The lowest BCUT2D eigenvalue weighted by Crippen LogP contribution is -2.12. The fourth-order valence-electron chi connectivity index (χ4n) is 2.33. The second-order valence-corrected chi connectivity index (χ2v) is 6.46. The van der Waals surface area contributed by atoms with Crippen LogP contribution in [0.4, 0.5) is 0 Å². The first kappa shape index (κ1) is 24.2. The van der Waals surface area contributed by atoms with Crippen LogP contribution in [-0.2, 0) is 4.74 Å². The third-order valence-corrected chi connectivity index (χ3v) is 4.11. The molecule has 4 nitrogen and oxygen atoms in total. The lowest BCUT2D eigenvalue weighted by molar-refractivity contribution is 0.0487. The van der Waals surface area contributed by atoms with Gasteiger partial charge in [0.15, 0.2) is 0 Å². The van der Waals surface area contributed by atoms with Crippen LogP contribution in [0.3, 0.4) is 0 Å². The van der Waals surface area contributed by atoms with Crippen LogP contribution in [0, 0.1) is 0 Å². The number of esters is 1. The lowest BCUT2D eigenvalue weighted by atomic mass is 10.1. The highest BCUT2D eigenvalue weighted by molar-refractivity contribution is 6.02. The Labute approximate surface area is 159 Å². The highest BCUT2D eigenvalue weighted by atomic mass is 16.5. The van der Waals surface area contributed by atoms with Gasteiger partial charge in [-0.25, -0.2) is 9.59 Å². The molecule has 0 saturated heterocycles. The van der Waals surface area contributed by atoms with Gasteiger partial charge in [-0.1, -0.05) is 90.7 Å². The van der Waals surface area contributed by atoms with Crippen LogP contribution >= 0.6 is 0 Å². The SMILES string of the molecule is CCCC.CCCCCCCCCCOC(=O)c1ccccc1C(=O)O. The lowest BCUT2D eigenvalue weighted by Gasteiger charge is -2.07. The minimum atomic E-state index is -1.11. The molecule has 0 aliphatic carbocycles. The molecule has 26 heavy (non-hydrogen) atoms. The number of hydrogen-bond donors (Lipinski definition) is 1. The van der Waals surface area contributed by atoms with E-state index >= 15 is 0 Å². The summed E-state index contributed by atoms with van der Waals surface area (Å²) in [5.41, 5.74) is 0.109. The Kier molecular flexibility index (Phi) is 15.4. The minimum Gasteiger partial charge on any atom is -0.478 e. The van der Waals surface area contributed by atoms with E-state index in [2.05, 4.69) is 20.8 Å². The van der Waals surface area contributed by atoms with Crippen molar-refractivity contribution in [2.24, 2.45) is 0 Å². The summed E-state index contributed by atoms with van der Waals surface area (Å²) in [5.74, 6) is -1.67. The topological polar surface area (TPSA) is 63.6 Å². The van der Waals surface area contributed by atoms with E-state index in [1.165, 1.54) is 57.1 Å². The number of benzene rings is 1. The molecule has 4 heteroatoms. The first-order chi connectivity index (χ1) is 12.6. The summed E-state index contributed by atoms with van der Waals surface area (Å²) >= 11 is 0. The van der Waals surface area contributed by atoms with Crippen molar-refractivity contribution in [2.75, 3.05) is 6.61 Å².